The van der Waals surface area contributed by atoms with Crippen LogP contribution in [0.2, 0.25) is 0 Å². The summed E-state index contributed by atoms with van der Waals surface area (Å²) >= 11 is 0. The van der Waals surface area contributed by atoms with Crippen molar-refractivity contribution >= 4 is 5.91 Å². The molecule has 1 amide bonds. The highest BCUT2D eigenvalue weighted by Crippen LogP contribution is 2.19. The Kier molecular flexibility index (Phi) is 5.56. The lowest BCUT2D eigenvalue weighted by molar-refractivity contribution is 0.0716. The molecule has 0 bridgehead atoms. The summed E-state index contributed by atoms with van der Waals surface area (Å²) in [5.74, 6) is 0.276. The number of nitrogens with zero attached hydrogens (tertiary/aromatic N) is 1. The third-order valence-electron chi connectivity index (χ3n) is 3.94. The molecule has 1 aliphatic carbocycles. The summed E-state index contributed by atoms with van der Waals surface area (Å²) in [5.41, 5.74) is 0.515. The van der Waals surface area contributed by atoms with E-state index in [2.05, 4.69) is 10.3 Å². The highest BCUT2D eigenvalue weighted by molar-refractivity contribution is 5.94. The number of aliphatic hydroxyl groups excluding tert-OH is 1. The Balaban J connectivity index is 2.00. The van der Waals surface area contributed by atoms with Gasteiger partial charge >= 0.3 is 0 Å². The van der Waals surface area contributed by atoms with Crippen LogP contribution in [0.5, 0.6) is 5.88 Å². The summed E-state index contributed by atoms with van der Waals surface area (Å²) in [5, 5.41) is 12.8. The first kappa shape index (κ1) is 15.8. The lowest BCUT2D eigenvalue weighted by Gasteiger charge is -2.28. The van der Waals surface area contributed by atoms with Gasteiger partial charge in [0.1, 0.15) is 0 Å². The zero-order chi connectivity index (χ0) is 15.2. The molecule has 0 radical (unpaired) electrons. The number of aromatic nitrogens is 1. The van der Waals surface area contributed by atoms with Gasteiger partial charge in [0.15, 0.2) is 0 Å². The monoisotopic (exact) mass is 292 g/mol. The van der Waals surface area contributed by atoms with Crippen LogP contribution in [-0.2, 0) is 0 Å². The van der Waals surface area contributed by atoms with Crippen molar-refractivity contribution in [3.8, 4) is 5.88 Å². The summed E-state index contributed by atoms with van der Waals surface area (Å²) in [7, 11) is 0. The second-order valence-electron chi connectivity index (χ2n) is 5.65. The molecule has 116 valence electrons. The number of carbonyl (C=O) groups excluding carboxylic acids is 1. The van der Waals surface area contributed by atoms with Crippen molar-refractivity contribution in [1.82, 2.24) is 10.3 Å². The van der Waals surface area contributed by atoms with Gasteiger partial charge in [0, 0.05) is 17.8 Å². The minimum atomic E-state index is -0.444. The fraction of sp³-hybridized carbons (Fsp3) is 0.625. The molecule has 21 heavy (non-hydrogen) atoms. The molecule has 1 aromatic rings. The quantitative estimate of drug-likeness (QED) is 0.873. The second kappa shape index (κ2) is 7.41. The van der Waals surface area contributed by atoms with Gasteiger partial charge in [-0.25, -0.2) is 4.98 Å². The average molecular weight is 292 g/mol. The first-order valence-corrected chi connectivity index (χ1v) is 7.71. The van der Waals surface area contributed by atoms with Crippen molar-refractivity contribution in [3.05, 3.63) is 23.9 Å². The zero-order valence-electron chi connectivity index (χ0n) is 12.7. The zero-order valence-corrected chi connectivity index (χ0v) is 12.7. The molecule has 2 N–H and O–H groups in total. The summed E-state index contributed by atoms with van der Waals surface area (Å²) < 4.78 is 5.62. The van der Waals surface area contributed by atoms with Crippen LogP contribution in [0.1, 0.15) is 56.3 Å². The normalized spacial score (nSPS) is 23.4. The molecule has 1 aromatic heterocycles. The Morgan fingerprint density at radius 1 is 1.52 bits per heavy atom. The number of hydrogen-bond acceptors (Lipinski definition) is 4. The maximum atomic E-state index is 12.3. The Morgan fingerprint density at radius 2 is 2.29 bits per heavy atom. The van der Waals surface area contributed by atoms with Crippen LogP contribution in [0.25, 0.3) is 0 Å². The van der Waals surface area contributed by atoms with Gasteiger partial charge in [-0.3, -0.25) is 4.79 Å². The lowest BCUT2D eigenvalue weighted by Crippen LogP contribution is -2.45. The van der Waals surface area contributed by atoms with Crippen molar-refractivity contribution in [3.63, 3.8) is 0 Å². The molecule has 1 heterocycles. The first-order valence-electron chi connectivity index (χ1n) is 7.71. The van der Waals surface area contributed by atoms with Crippen LogP contribution < -0.4 is 10.1 Å². The van der Waals surface area contributed by atoms with Crippen LogP contribution in [0.15, 0.2) is 18.3 Å². The highest BCUT2D eigenvalue weighted by Gasteiger charge is 2.25. The van der Waals surface area contributed by atoms with Gasteiger partial charge in [-0.05, 0) is 32.3 Å². The van der Waals surface area contributed by atoms with Crippen molar-refractivity contribution < 1.29 is 14.6 Å². The molecule has 1 saturated carbocycles. The topological polar surface area (TPSA) is 71.5 Å². The smallest absolute Gasteiger partial charge is 0.251 e. The third kappa shape index (κ3) is 4.43. The second-order valence-corrected chi connectivity index (χ2v) is 5.65. The summed E-state index contributed by atoms with van der Waals surface area (Å²) in [6.45, 7) is 4.00. The molecule has 2 rings (SSSR count). The molecule has 0 aliphatic heterocycles. The Labute approximate surface area is 125 Å². The molecule has 5 nitrogen and oxygen atoms in total. The number of amides is 1. The van der Waals surface area contributed by atoms with Gasteiger partial charge in [0.2, 0.25) is 5.88 Å². The van der Waals surface area contributed by atoms with E-state index in [0.29, 0.717) is 11.4 Å². The van der Waals surface area contributed by atoms with Crippen molar-refractivity contribution in [2.45, 2.75) is 64.2 Å². The van der Waals surface area contributed by atoms with Crippen LogP contribution in [-0.4, -0.2) is 34.2 Å². The predicted octanol–water partition coefficient (Wildman–Crippen LogP) is 2.29. The van der Waals surface area contributed by atoms with Crippen LogP contribution >= 0.6 is 0 Å². The van der Waals surface area contributed by atoms with Gasteiger partial charge in [-0.2, -0.15) is 0 Å². The highest BCUT2D eigenvalue weighted by atomic mass is 16.5. The SMILES string of the molecule is CCC(C)Oc1cc(C(=O)NC2CCCCC2O)ccn1. The van der Waals surface area contributed by atoms with Gasteiger partial charge in [0.05, 0.1) is 18.2 Å². The number of hydrogen-bond donors (Lipinski definition) is 2. The van der Waals surface area contributed by atoms with Crippen molar-refractivity contribution in [2.24, 2.45) is 0 Å². The van der Waals surface area contributed by atoms with E-state index in [1.165, 1.54) is 0 Å². The fourth-order valence-corrected chi connectivity index (χ4v) is 2.44. The Bertz CT molecular complexity index is 478. The van der Waals surface area contributed by atoms with E-state index in [1.54, 1.807) is 18.3 Å². The third-order valence-corrected chi connectivity index (χ3v) is 3.94. The fourth-order valence-electron chi connectivity index (χ4n) is 2.44. The summed E-state index contributed by atoms with van der Waals surface area (Å²) in [6.07, 6.45) is 5.72. The molecule has 0 aromatic carbocycles. The molecule has 1 aliphatic rings. The minimum absolute atomic E-state index is 0.0657. The maximum Gasteiger partial charge on any atom is 0.251 e. The molecule has 5 heteroatoms. The molecule has 3 atom stereocenters. The van der Waals surface area contributed by atoms with Crippen LogP contribution in [0, 0.1) is 0 Å². The van der Waals surface area contributed by atoms with E-state index in [9.17, 15) is 9.90 Å². The van der Waals surface area contributed by atoms with E-state index < -0.39 is 6.10 Å². The van der Waals surface area contributed by atoms with Gasteiger partial charge < -0.3 is 15.2 Å². The molecule has 0 saturated heterocycles. The number of pyridine rings is 1. The Hall–Kier alpha value is -1.62. The largest absolute Gasteiger partial charge is 0.475 e. The molecule has 0 spiro atoms. The molecule has 1 fully saturated rings. The molecular formula is C16H24N2O3. The molecule has 3 unspecified atom stereocenters. The Morgan fingerprint density at radius 3 is 3.00 bits per heavy atom. The lowest BCUT2D eigenvalue weighted by atomic mass is 9.92. The maximum absolute atomic E-state index is 12.3. The number of nitrogens with one attached hydrogen (secondary N) is 1. The average Bonchev–Trinajstić information content (AvgIpc) is 2.49. The van der Waals surface area contributed by atoms with E-state index in [4.69, 9.17) is 4.74 Å². The standard InChI is InChI=1S/C16H24N2O3/c1-3-11(2)21-15-10-12(8-9-17-15)16(20)18-13-6-4-5-7-14(13)19/h8-11,13-14,19H,3-7H2,1-2H3,(H,18,20). The van der Waals surface area contributed by atoms with Gasteiger partial charge in [0.25, 0.3) is 5.91 Å². The number of carbonyl (C=O) groups is 1. The van der Waals surface area contributed by atoms with Crippen molar-refractivity contribution in [2.75, 3.05) is 0 Å². The predicted molar refractivity (Wildman–Crippen MR) is 80.3 cm³/mol. The van der Waals surface area contributed by atoms with Crippen LogP contribution in [0.3, 0.4) is 0 Å². The number of aliphatic hydroxyl groups is 1. The summed E-state index contributed by atoms with van der Waals surface area (Å²) in [6, 6.07) is 3.16. The van der Waals surface area contributed by atoms with E-state index in [0.717, 1.165) is 32.1 Å². The summed E-state index contributed by atoms with van der Waals surface area (Å²) in [4.78, 5) is 16.4. The minimum Gasteiger partial charge on any atom is -0.475 e. The van der Waals surface area contributed by atoms with E-state index in [-0.39, 0.29) is 18.1 Å². The van der Waals surface area contributed by atoms with E-state index >= 15 is 0 Å². The first-order chi connectivity index (χ1) is 10.1. The number of ether oxygens (including phenoxy) is 1. The van der Waals surface area contributed by atoms with Gasteiger partial charge in [-0.15, -0.1) is 0 Å². The van der Waals surface area contributed by atoms with E-state index in [1.807, 2.05) is 13.8 Å². The van der Waals surface area contributed by atoms with Crippen molar-refractivity contribution in [1.29, 1.82) is 0 Å². The van der Waals surface area contributed by atoms with Crippen LogP contribution in [0.4, 0.5) is 0 Å². The molecular weight excluding hydrogens is 268 g/mol. The number of rotatable bonds is 5. The van der Waals surface area contributed by atoms with Gasteiger partial charge in [-0.1, -0.05) is 19.8 Å².